The van der Waals surface area contributed by atoms with Gasteiger partial charge in [-0.2, -0.15) is 4.98 Å². The van der Waals surface area contributed by atoms with Gasteiger partial charge in [-0.15, -0.1) is 0 Å². The van der Waals surface area contributed by atoms with Crippen LogP contribution < -0.4 is 5.73 Å². The molecule has 2 heterocycles. The second-order valence-electron chi connectivity index (χ2n) is 2.31. The van der Waals surface area contributed by atoms with Crippen LogP contribution in [0.15, 0.2) is 23.0 Å². The van der Waals surface area contributed by atoms with Crippen LogP contribution in [0.1, 0.15) is 0 Å². The fourth-order valence-corrected chi connectivity index (χ4v) is 0.893. The number of nitrogen functional groups attached to an aromatic ring is 1. The third kappa shape index (κ3) is 1.33. The van der Waals surface area contributed by atoms with Gasteiger partial charge in [0.1, 0.15) is 0 Å². The number of pyridine rings is 1. The maximum atomic E-state index is 13.1. The minimum atomic E-state index is -0.522. The summed E-state index contributed by atoms with van der Waals surface area (Å²) in [5.74, 6) is -0.491. The van der Waals surface area contributed by atoms with E-state index in [2.05, 4.69) is 19.6 Å². The number of anilines is 1. The fraction of sp³-hybridized carbons (Fsp3) is 0. The molecular formula is C7H5FN4O. The Bertz CT molecular complexity index is 428. The van der Waals surface area contributed by atoms with Crippen LogP contribution in [-0.4, -0.2) is 15.1 Å². The summed E-state index contributed by atoms with van der Waals surface area (Å²) in [6.45, 7) is 0. The van der Waals surface area contributed by atoms with E-state index in [9.17, 15) is 4.39 Å². The van der Waals surface area contributed by atoms with Crippen molar-refractivity contribution < 1.29 is 8.91 Å². The lowest BCUT2D eigenvalue weighted by molar-refractivity contribution is 0.430. The zero-order valence-corrected chi connectivity index (χ0v) is 6.44. The van der Waals surface area contributed by atoms with Crippen molar-refractivity contribution in [3.63, 3.8) is 0 Å². The highest BCUT2D eigenvalue weighted by Gasteiger charge is 2.10. The Labute approximate surface area is 72.4 Å². The van der Waals surface area contributed by atoms with Crippen LogP contribution in [-0.2, 0) is 0 Å². The standard InChI is InChI=1S/C7H5FN4O/c8-5-3-10-2-1-4(5)6-11-7(9)12-13-6/h1-3H,(H2,9,12). The SMILES string of the molecule is Nc1noc(-c2ccncc2F)n1. The molecule has 0 saturated carbocycles. The lowest BCUT2D eigenvalue weighted by atomic mass is 10.2. The van der Waals surface area contributed by atoms with E-state index >= 15 is 0 Å². The summed E-state index contributed by atoms with van der Waals surface area (Å²) in [5, 5.41) is 3.34. The van der Waals surface area contributed by atoms with E-state index in [-0.39, 0.29) is 17.4 Å². The van der Waals surface area contributed by atoms with Crippen molar-refractivity contribution in [2.45, 2.75) is 0 Å². The van der Waals surface area contributed by atoms with Gasteiger partial charge in [-0.1, -0.05) is 0 Å². The van der Waals surface area contributed by atoms with Crippen LogP contribution in [0.4, 0.5) is 10.3 Å². The van der Waals surface area contributed by atoms with Crippen LogP contribution in [0.25, 0.3) is 11.5 Å². The largest absolute Gasteiger partial charge is 0.365 e. The molecule has 2 N–H and O–H groups in total. The Kier molecular flexibility index (Phi) is 1.66. The summed E-state index contributed by atoms with van der Waals surface area (Å²) in [7, 11) is 0. The molecule has 13 heavy (non-hydrogen) atoms. The molecule has 0 radical (unpaired) electrons. The van der Waals surface area contributed by atoms with Gasteiger partial charge in [0, 0.05) is 6.20 Å². The molecule has 2 aromatic rings. The predicted octanol–water partition coefficient (Wildman–Crippen LogP) is 0.853. The number of rotatable bonds is 1. The van der Waals surface area contributed by atoms with E-state index in [0.29, 0.717) is 0 Å². The number of halogens is 1. The summed E-state index contributed by atoms with van der Waals surface area (Å²) in [4.78, 5) is 7.26. The number of hydrogen-bond donors (Lipinski definition) is 1. The smallest absolute Gasteiger partial charge is 0.262 e. The monoisotopic (exact) mass is 180 g/mol. The van der Waals surface area contributed by atoms with Crippen LogP contribution in [0, 0.1) is 5.82 Å². The average molecular weight is 180 g/mol. The van der Waals surface area contributed by atoms with Gasteiger partial charge in [0.2, 0.25) is 0 Å². The molecular weight excluding hydrogens is 175 g/mol. The van der Waals surface area contributed by atoms with Gasteiger partial charge in [-0.05, 0) is 11.2 Å². The van der Waals surface area contributed by atoms with Crippen molar-refractivity contribution in [2.24, 2.45) is 0 Å². The highest BCUT2D eigenvalue weighted by Crippen LogP contribution is 2.19. The third-order valence-electron chi connectivity index (χ3n) is 1.44. The van der Waals surface area contributed by atoms with Crippen LogP contribution in [0.2, 0.25) is 0 Å². The molecule has 0 saturated heterocycles. The van der Waals surface area contributed by atoms with Crippen molar-refractivity contribution in [1.82, 2.24) is 15.1 Å². The number of nitrogens with two attached hydrogens (primary N) is 1. The van der Waals surface area contributed by atoms with E-state index < -0.39 is 5.82 Å². The van der Waals surface area contributed by atoms with Crippen molar-refractivity contribution in [3.05, 3.63) is 24.3 Å². The first-order chi connectivity index (χ1) is 6.27. The van der Waals surface area contributed by atoms with Gasteiger partial charge in [-0.3, -0.25) is 4.98 Å². The second kappa shape index (κ2) is 2.81. The van der Waals surface area contributed by atoms with Gasteiger partial charge in [0.05, 0.1) is 11.8 Å². The first-order valence-electron chi connectivity index (χ1n) is 3.46. The maximum absolute atomic E-state index is 13.1. The molecule has 0 aliphatic heterocycles. The molecule has 0 aliphatic carbocycles. The first-order valence-corrected chi connectivity index (χ1v) is 3.46. The molecule has 0 amide bonds. The first kappa shape index (κ1) is 7.66. The van der Waals surface area contributed by atoms with Crippen molar-refractivity contribution >= 4 is 5.95 Å². The average Bonchev–Trinajstić information content (AvgIpc) is 2.53. The van der Waals surface area contributed by atoms with Gasteiger partial charge in [0.25, 0.3) is 11.8 Å². The number of aromatic nitrogens is 3. The quantitative estimate of drug-likeness (QED) is 0.703. The minimum Gasteiger partial charge on any atom is -0.365 e. The summed E-state index contributed by atoms with van der Waals surface area (Å²) in [6.07, 6.45) is 2.49. The topological polar surface area (TPSA) is 77.8 Å². The predicted molar refractivity (Wildman–Crippen MR) is 41.9 cm³/mol. The van der Waals surface area contributed by atoms with Crippen LogP contribution in [0.5, 0.6) is 0 Å². The number of hydrogen-bond acceptors (Lipinski definition) is 5. The summed E-state index contributed by atoms with van der Waals surface area (Å²) < 4.78 is 17.7. The van der Waals surface area contributed by atoms with Gasteiger partial charge >= 0.3 is 0 Å². The van der Waals surface area contributed by atoms with Crippen LogP contribution >= 0.6 is 0 Å². The molecule has 2 aromatic heterocycles. The van der Waals surface area contributed by atoms with Crippen molar-refractivity contribution in [2.75, 3.05) is 5.73 Å². The Balaban J connectivity index is 2.52. The van der Waals surface area contributed by atoms with Crippen molar-refractivity contribution in [1.29, 1.82) is 0 Å². The molecule has 6 heteroatoms. The Morgan fingerprint density at radius 1 is 1.46 bits per heavy atom. The summed E-state index contributed by atoms with van der Waals surface area (Å²) in [6, 6.07) is 1.43. The van der Waals surface area contributed by atoms with Gasteiger partial charge in [0.15, 0.2) is 5.82 Å². The fourth-order valence-electron chi connectivity index (χ4n) is 0.893. The van der Waals surface area contributed by atoms with Crippen LogP contribution in [0.3, 0.4) is 0 Å². The molecule has 0 aromatic carbocycles. The van der Waals surface area contributed by atoms with Gasteiger partial charge < -0.3 is 10.3 Å². The molecule has 0 bridgehead atoms. The van der Waals surface area contributed by atoms with E-state index in [0.717, 1.165) is 6.20 Å². The molecule has 2 rings (SSSR count). The third-order valence-corrected chi connectivity index (χ3v) is 1.44. The van der Waals surface area contributed by atoms with E-state index in [1.807, 2.05) is 0 Å². The zero-order valence-electron chi connectivity index (χ0n) is 6.44. The zero-order chi connectivity index (χ0) is 9.26. The highest BCUT2D eigenvalue weighted by molar-refractivity contribution is 5.53. The Morgan fingerprint density at radius 2 is 2.31 bits per heavy atom. The summed E-state index contributed by atoms with van der Waals surface area (Å²) >= 11 is 0. The molecule has 0 fully saturated rings. The molecule has 0 unspecified atom stereocenters. The molecule has 0 aliphatic rings. The molecule has 0 spiro atoms. The van der Waals surface area contributed by atoms with E-state index in [4.69, 9.17) is 5.73 Å². The maximum Gasteiger partial charge on any atom is 0.262 e. The minimum absolute atomic E-state index is 0.0220. The normalized spacial score (nSPS) is 10.2. The molecule has 66 valence electrons. The Morgan fingerprint density at radius 3 is 2.92 bits per heavy atom. The Hall–Kier alpha value is -1.98. The van der Waals surface area contributed by atoms with E-state index in [1.54, 1.807) is 0 Å². The molecule has 5 nitrogen and oxygen atoms in total. The van der Waals surface area contributed by atoms with Gasteiger partial charge in [-0.25, -0.2) is 4.39 Å². The van der Waals surface area contributed by atoms with E-state index in [1.165, 1.54) is 12.3 Å². The molecule has 0 atom stereocenters. The summed E-state index contributed by atoms with van der Waals surface area (Å²) in [5.41, 5.74) is 5.41. The second-order valence-corrected chi connectivity index (χ2v) is 2.31. The van der Waals surface area contributed by atoms with Crippen molar-refractivity contribution in [3.8, 4) is 11.5 Å². The lowest BCUT2D eigenvalue weighted by Gasteiger charge is -1.93. The number of nitrogens with zero attached hydrogens (tertiary/aromatic N) is 3. The lowest BCUT2D eigenvalue weighted by Crippen LogP contribution is -1.87. The highest BCUT2D eigenvalue weighted by atomic mass is 19.1.